The first kappa shape index (κ1) is 20.6. The van der Waals surface area contributed by atoms with Gasteiger partial charge in [-0.3, -0.25) is 19.4 Å². The molecule has 0 spiro atoms. The Bertz CT molecular complexity index is 741. The molecule has 0 aromatic carbocycles. The van der Waals surface area contributed by atoms with Gasteiger partial charge >= 0.3 is 0 Å². The normalized spacial score (nSPS) is 23.4. The number of rotatable bonds is 8. The molecule has 1 atom stereocenters. The van der Waals surface area contributed by atoms with Gasteiger partial charge in [-0.15, -0.1) is 0 Å². The highest BCUT2D eigenvalue weighted by Crippen LogP contribution is 2.21. The van der Waals surface area contributed by atoms with Crippen molar-refractivity contribution in [3.8, 4) is 0 Å². The lowest BCUT2D eigenvalue weighted by molar-refractivity contribution is -0.122. The molecular formula is C22H34N4O3. The fraction of sp³-hybridized carbons (Fsp3) is 0.727. The predicted octanol–water partition coefficient (Wildman–Crippen LogP) is 1.36. The number of amides is 1. The minimum absolute atomic E-state index is 0.135. The average molecular weight is 403 g/mol. The van der Waals surface area contributed by atoms with Gasteiger partial charge in [0, 0.05) is 62.3 Å². The van der Waals surface area contributed by atoms with E-state index < -0.39 is 0 Å². The summed E-state index contributed by atoms with van der Waals surface area (Å²) in [6.07, 6.45) is 4.74. The van der Waals surface area contributed by atoms with Gasteiger partial charge in [-0.1, -0.05) is 0 Å². The van der Waals surface area contributed by atoms with Gasteiger partial charge in [0.1, 0.15) is 0 Å². The maximum Gasteiger partial charge on any atom is 0.234 e. The molecule has 2 saturated heterocycles. The highest BCUT2D eigenvalue weighted by molar-refractivity contribution is 5.99. The molecule has 3 heterocycles. The first-order valence-corrected chi connectivity index (χ1v) is 11.0. The van der Waals surface area contributed by atoms with E-state index in [4.69, 9.17) is 4.74 Å². The summed E-state index contributed by atoms with van der Waals surface area (Å²) in [7, 11) is 0. The van der Waals surface area contributed by atoms with Crippen LogP contribution < -0.4 is 5.32 Å². The molecule has 4 rings (SSSR count). The summed E-state index contributed by atoms with van der Waals surface area (Å²) in [5.41, 5.74) is 3.03. The Balaban J connectivity index is 1.26. The zero-order valence-electron chi connectivity index (χ0n) is 17.8. The van der Waals surface area contributed by atoms with E-state index in [-0.39, 0.29) is 17.8 Å². The molecule has 160 valence electrons. The fourth-order valence-corrected chi connectivity index (χ4v) is 4.45. The summed E-state index contributed by atoms with van der Waals surface area (Å²) >= 11 is 0. The topological polar surface area (TPSA) is 66.8 Å². The van der Waals surface area contributed by atoms with Crippen molar-refractivity contribution in [3.63, 3.8) is 0 Å². The van der Waals surface area contributed by atoms with Crippen LogP contribution in [0.2, 0.25) is 0 Å². The highest BCUT2D eigenvalue weighted by Gasteiger charge is 2.26. The van der Waals surface area contributed by atoms with Crippen LogP contribution in [-0.4, -0.2) is 84.1 Å². The van der Waals surface area contributed by atoms with Gasteiger partial charge in [-0.25, -0.2) is 0 Å². The number of aryl methyl sites for hydroxylation is 1. The number of nitrogens with one attached hydrogen (secondary N) is 1. The Kier molecular flexibility index (Phi) is 6.37. The van der Waals surface area contributed by atoms with Gasteiger partial charge < -0.3 is 14.6 Å². The number of ether oxygens (including phenoxy) is 1. The number of carbonyl (C=O) groups excluding carboxylic acids is 2. The minimum atomic E-state index is 0.135. The number of hydrogen-bond acceptors (Lipinski definition) is 5. The number of hydrogen-bond donors (Lipinski definition) is 1. The second-order valence-corrected chi connectivity index (χ2v) is 8.85. The molecule has 1 aromatic rings. The third-order valence-corrected chi connectivity index (χ3v) is 6.43. The zero-order chi connectivity index (χ0) is 20.4. The van der Waals surface area contributed by atoms with Crippen molar-refractivity contribution in [3.05, 3.63) is 23.0 Å². The number of carbonyl (C=O) groups is 2. The summed E-state index contributed by atoms with van der Waals surface area (Å²) in [4.78, 5) is 29.3. The number of nitrogens with zero attached hydrogens (tertiary/aromatic N) is 3. The van der Waals surface area contributed by atoms with Crippen molar-refractivity contribution in [2.75, 3.05) is 45.9 Å². The quantitative estimate of drug-likeness (QED) is 0.665. The smallest absolute Gasteiger partial charge is 0.234 e. The van der Waals surface area contributed by atoms with Gasteiger partial charge in [0.05, 0.1) is 19.2 Å². The van der Waals surface area contributed by atoms with E-state index in [1.807, 2.05) is 13.0 Å². The van der Waals surface area contributed by atoms with Crippen molar-refractivity contribution in [2.24, 2.45) is 0 Å². The van der Waals surface area contributed by atoms with E-state index >= 15 is 0 Å². The molecule has 29 heavy (non-hydrogen) atoms. The second-order valence-electron chi connectivity index (χ2n) is 8.85. The van der Waals surface area contributed by atoms with E-state index in [1.165, 1.54) is 0 Å². The maximum atomic E-state index is 13.0. The maximum absolute atomic E-state index is 13.0. The van der Waals surface area contributed by atoms with Crippen molar-refractivity contribution < 1.29 is 14.3 Å². The SMILES string of the molecule is Cc1cc(C(=O)CN2CCN(CC(=O)NC3CC3)CC2)c(C)n1CC1CCCO1. The summed E-state index contributed by atoms with van der Waals surface area (Å²) in [6.45, 7) is 10.1. The highest BCUT2D eigenvalue weighted by atomic mass is 16.5. The van der Waals surface area contributed by atoms with Crippen LogP contribution in [0.1, 0.15) is 47.4 Å². The number of aromatic nitrogens is 1. The summed E-state index contributed by atoms with van der Waals surface area (Å²) in [5.74, 6) is 0.326. The molecule has 0 bridgehead atoms. The molecule has 1 unspecified atom stereocenters. The first-order chi connectivity index (χ1) is 14.0. The molecular weight excluding hydrogens is 368 g/mol. The lowest BCUT2D eigenvalue weighted by atomic mass is 10.1. The Morgan fingerprint density at radius 3 is 2.38 bits per heavy atom. The number of piperazine rings is 1. The van der Waals surface area contributed by atoms with Crippen molar-refractivity contribution >= 4 is 11.7 Å². The molecule has 1 aromatic heterocycles. The molecule has 1 aliphatic carbocycles. The van der Waals surface area contributed by atoms with Crippen LogP contribution in [0.15, 0.2) is 6.07 Å². The average Bonchev–Trinajstić information content (AvgIpc) is 3.26. The van der Waals surface area contributed by atoms with Crippen LogP contribution in [0.25, 0.3) is 0 Å². The Morgan fingerprint density at radius 2 is 1.76 bits per heavy atom. The Labute approximate surface area is 173 Å². The summed E-state index contributed by atoms with van der Waals surface area (Å²) in [6, 6.07) is 2.45. The third-order valence-electron chi connectivity index (χ3n) is 6.43. The van der Waals surface area contributed by atoms with Crippen molar-refractivity contribution in [2.45, 2.75) is 58.2 Å². The fourth-order valence-electron chi connectivity index (χ4n) is 4.45. The van der Waals surface area contributed by atoms with E-state index in [0.29, 0.717) is 19.1 Å². The number of Topliss-reactive ketones (excluding diaryl/α,β-unsaturated/α-hetero) is 1. The van der Waals surface area contributed by atoms with Crippen LogP contribution in [0.3, 0.4) is 0 Å². The van der Waals surface area contributed by atoms with Crippen LogP contribution in [0.4, 0.5) is 0 Å². The molecule has 7 heteroatoms. The summed E-state index contributed by atoms with van der Waals surface area (Å²) in [5, 5.41) is 3.05. The molecule has 7 nitrogen and oxygen atoms in total. The zero-order valence-corrected chi connectivity index (χ0v) is 17.8. The number of ketones is 1. The lowest BCUT2D eigenvalue weighted by Crippen LogP contribution is -2.50. The molecule has 2 aliphatic heterocycles. The van der Waals surface area contributed by atoms with Crippen LogP contribution in [0, 0.1) is 13.8 Å². The van der Waals surface area contributed by atoms with E-state index in [1.54, 1.807) is 0 Å². The first-order valence-electron chi connectivity index (χ1n) is 11.0. The lowest BCUT2D eigenvalue weighted by Gasteiger charge is -2.33. The van der Waals surface area contributed by atoms with Gasteiger partial charge in [0.15, 0.2) is 5.78 Å². The van der Waals surface area contributed by atoms with Gasteiger partial charge in [0.25, 0.3) is 0 Å². The molecule has 3 fully saturated rings. The standard InChI is InChI=1S/C22H34N4O3/c1-16-12-20(17(2)26(16)13-19-4-3-11-29-19)21(27)14-24-7-9-25(10-8-24)15-22(28)23-18-5-6-18/h12,18-19H,3-11,13-15H2,1-2H3,(H,23,28). The molecule has 3 aliphatic rings. The van der Waals surface area contributed by atoms with Crippen molar-refractivity contribution in [1.29, 1.82) is 0 Å². The van der Waals surface area contributed by atoms with E-state index in [9.17, 15) is 9.59 Å². The van der Waals surface area contributed by atoms with Gasteiger partial charge in [-0.2, -0.15) is 0 Å². The van der Waals surface area contributed by atoms with Crippen LogP contribution >= 0.6 is 0 Å². The molecule has 1 saturated carbocycles. The predicted molar refractivity (Wildman–Crippen MR) is 111 cm³/mol. The monoisotopic (exact) mass is 402 g/mol. The van der Waals surface area contributed by atoms with Crippen LogP contribution in [0.5, 0.6) is 0 Å². The van der Waals surface area contributed by atoms with Crippen molar-refractivity contribution in [1.82, 2.24) is 19.7 Å². The van der Waals surface area contributed by atoms with Crippen LogP contribution in [-0.2, 0) is 16.1 Å². The Morgan fingerprint density at radius 1 is 1.07 bits per heavy atom. The van der Waals surface area contributed by atoms with Gasteiger partial charge in [0.2, 0.25) is 5.91 Å². The minimum Gasteiger partial charge on any atom is -0.376 e. The summed E-state index contributed by atoms with van der Waals surface area (Å²) < 4.78 is 8.01. The Hall–Kier alpha value is -1.70. The van der Waals surface area contributed by atoms with E-state index in [0.717, 1.165) is 82.0 Å². The molecule has 1 N–H and O–H groups in total. The third kappa shape index (κ3) is 5.27. The van der Waals surface area contributed by atoms with E-state index in [2.05, 4.69) is 26.6 Å². The molecule has 1 amide bonds. The largest absolute Gasteiger partial charge is 0.376 e. The molecule has 0 radical (unpaired) electrons. The van der Waals surface area contributed by atoms with Gasteiger partial charge in [-0.05, 0) is 45.6 Å². The second kappa shape index (κ2) is 8.98.